The molecule has 10 aliphatic rings. The van der Waals surface area contributed by atoms with E-state index in [4.69, 9.17) is 15.0 Å². The highest BCUT2D eigenvalue weighted by Gasteiger charge is 2.88. The summed E-state index contributed by atoms with van der Waals surface area (Å²) in [6.07, 6.45) is 18.9. The van der Waals surface area contributed by atoms with Crippen LogP contribution in [0.15, 0.2) is 11.6 Å². The summed E-state index contributed by atoms with van der Waals surface area (Å²) in [6.45, 7) is 30.2. The Bertz CT molecular complexity index is 1240. The van der Waals surface area contributed by atoms with Crippen LogP contribution in [0.25, 0.3) is 0 Å². The fourth-order valence-electron chi connectivity index (χ4n) is 15.7. The van der Waals surface area contributed by atoms with E-state index < -0.39 is 11.4 Å². The molecule has 0 spiro atoms. The van der Waals surface area contributed by atoms with Crippen molar-refractivity contribution in [3.63, 3.8) is 0 Å². The summed E-state index contributed by atoms with van der Waals surface area (Å²) in [7, 11) is 0. The highest BCUT2D eigenvalue weighted by Crippen LogP contribution is 2.95. The van der Waals surface area contributed by atoms with Gasteiger partial charge in [0, 0.05) is 0 Å². The molecule has 10 aliphatic carbocycles. The Balaban J connectivity index is 0.000000219. The van der Waals surface area contributed by atoms with Crippen molar-refractivity contribution in [3.8, 4) is 0 Å². The van der Waals surface area contributed by atoms with Crippen molar-refractivity contribution in [2.45, 2.75) is 160 Å². The number of aliphatic carboxylic acids is 1. The van der Waals surface area contributed by atoms with Gasteiger partial charge < -0.3 is 10.2 Å². The molecule has 0 aromatic carbocycles. The molecule has 9 saturated carbocycles. The van der Waals surface area contributed by atoms with Gasteiger partial charge in [-0.1, -0.05) is 74.0 Å². The molecule has 10 rings (SSSR count). The van der Waals surface area contributed by atoms with E-state index in [0.29, 0.717) is 43.8 Å². The minimum atomic E-state index is -0.676. The molecule has 0 aliphatic heterocycles. The maximum Gasteiger partial charge on any atom is 0.309 e. The van der Waals surface area contributed by atoms with E-state index in [9.17, 15) is 4.79 Å². The second-order valence-electron chi connectivity index (χ2n) is 20.2. The van der Waals surface area contributed by atoms with Crippen molar-refractivity contribution in [2.75, 3.05) is 0 Å². The topological polar surface area (TPSA) is 74.6 Å². The average Bonchev–Trinajstić information content (AvgIpc) is 2.97. The summed E-state index contributed by atoms with van der Waals surface area (Å²) >= 11 is 0. The lowest BCUT2D eigenvalue weighted by molar-refractivity contribution is -0.441. The smallest absolute Gasteiger partial charge is 0.309 e. The minimum absolute atomic E-state index is 0.250. The lowest BCUT2D eigenvalue weighted by Crippen LogP contribution is -2.86. The lowest BCUT2D eigenvalue weighted by Gasteiger charge is -2.92. The van der Waals surface area contributed by atoms with Crippen LogP contribution in [0, 0.1) is 78.8 Å². The van der Waals surface area contributed by atoms with Crippen molar-refractivity contribution in [1.29, 1.82) is 0 Å². The standard InChI is InChI=1S/C30H50.C11H18O2.CH2O2/c1-19-10-12-21-16-28(19,24(21,3)4)27(9)15-14-23-18-30(27,26(23,7)8)29-17-22(25(29,5)6)13-11-20(29)2;1-8-4-6-9(7-5-8)11(2,3)10(12)13;2-1-3/h19-23H,10-18H2,1-9H3;4,9H,5-7H2,1-3H3,(H,12,13);1H,(H,2,3). The quantitative estimate of drug-likeness (QED) is 0.237. The fraction of sp³-hybridized carbons (Fsp3) is 0.905. The van der Waals surface area contributed by atoms with Crippen LogP contribution in [-0.4, -0.2) is 22.7 Å². The molecule has 4 nitrogen and oxygen atoms in total. The van der Waals surface area contributed by atoms with Crippen molar-refractivity contribution in [2.24, 2.45) is 78.8 Å². The van der Waals surface area contributed by atoms with Crippen LogP contribution in [0.1, 0.15) is 160 Å². The zero-order valence-electron chi connectivity index (χ0n) is 31.8. The maximum absolute atomic E-state index is 11.0. The summed E-state index contributed by atoms with van der Waals surface area (Å²) in [6, 6.07) is 0. The van der Waals surface area contributed by atoms with Gasteiger partial charge in [-0.15, -0.1) is 0 Å². The molecule has 0 saturated heterocycles. The lowest BCUT2D eigenvalue weighted by atomic mass is 9.12. The number of rotatable bonds is 4. The van der Waals surface area contributed by atoms with Crippen molar-refractivity contribution >= 4 is 12.4 Å². The van der Waals surface area contributed by atoms with E-state index in [-0.39, 0.29) is 6.47 Å². The molecule has 6 bridgehead atoms. The SMILES string of the molecule is CC1=CCC(C(C)(C)C(=O)O)CC1.CC1CCC2CC1(C1(C)CCC3CC1(C14CC(CCC1C)C4(C)C)C3(C)C)C2(C)C.O=CO. The molecule has 0 aromatic heterocycles. The Hall–Kier alpha value is -1.32. The van der Waals surface area contributed by atoms with Gasteiger partial charge in [-0.05, 0) is 171 Å². The van der Waals surface area contributed by atoms with Crippen LogP contribution in [0.2, 0.25) is 0 Å². The highest BCUT2D eigenvalue weighted by molar-refractivity contribution is 5.74. The Kier molecular flexibility index (Phi) is 8.68. The van der Waals surface area contributed by atoms with Crippen LogP contribution in [0.3, 0.4) is 0 Å². The summed E-state index contributed by atoms with van der Waals surface area (Å²) in [5.74, 6) is 4.41. The first-order valence-electron chi connectivity index (χ1n) is 19.1. The van der Waals surface area contributed by atoms with Gasteiger partial charge in [-0.3, -0.25) is 9.59 Å². The molecule has 10 atom stereocenters. The van der Waals surface area contributed by atoms with E-state index in [1.807, 2.05) is 13.8 Å². The third kappa shape index (κ3) is 4.03. The largest absolute Gasteiger partial charge is 0.483 e. The molecule has 262 valence electrons. The average molecular weight is 639 g/mol. The number of fused-ring (bicyclic) bond motifs is 6. The van der Waals surface area contributed by atoms with Crippen LogP contribution in [0.4, 0.5) is 0 Å². The number of carboxylic acid groups (broad SMARTS) is 2. The van der Waals surface area contributed by atoms with Gasteiger partial charge in [0.25, 0.3) is 6.47 Å². The Morgan fingerprint density at radius 1 is 0.783 bits per heavy atom. The number of hydrogen-bond donors (Lipinski definition) is 2. The Morgan fingerprint density at radius 2 is 1.26 bits per heavy atom. The minimum Gasteiger partial charge on any atom is -0.483 e. The van der Waals surface area contributed by atoms with E-state index in [1.165, 1.54) is 44.1 Å². The van der Waals surface area contributed by atoms with E-state index in [0.717, 1.165) is 48.9 Å². The van der Waals surface area contributed by atoms with Gasteiger partial charge in [0.15, 0.2) is 0 Å². The van der Waals surface area contributed by atoms with Crippen LogP contribution in [-0.2, 0) is 9.59 Å². The third-order valence-electron chi connectivity index (χ3n) is 18.6. The first-order chi connectivity index (χ1) is 21.1. The summed E-state index contributed by atoms with van der Waals surface area (Å²) in [5, 5.41) is 15.9. The number of carboxylic acids is 1. The summed E-state index contributed by atoms with van der Waals surface area (Å²) < 4.78 is 0. The maximum atomic E-state index is 11.0. The predicted octanol–water partition coefficient (Wildman–Crippen LogP) is 11.3. The Morgan fingerprint density at radius 3 is 1.65 bits per heavy atom. The number of carbonyl (C=O) groups is 2. The number of allylic oxidation sites excluding steroid dienone is 2. The molecule has 46 heavy (non-hydrogen) atoms. The number of hydrogen-bond acceptors (Lipinski definition) is 2. The molecule has 2 N–H and O–H groups in total. The molecular formula is C42H70O4. The van der Waals surface area contributed by atoms with Crippen molar-refractivity contribution < 1.29 is 19.8 Å². The third-order valence-corrected chi connectivity index (χ3v) is 18.6. The Labute approximate surface area is 282 Å². The zero-order chi connectivity index (χ0) is 34.5. The molecule has 10 unspecified atom stereocenters. The molecule has 4 heteroatoms. The van der Waals surface area contributed by atoms with Gasteiger partial charge in [0.05, 0.1) is 5.41 Å². The van der Waals surface area contributed by atoms with E-state index in [1.54, 1.807) is 19.3 Å². The first-order valence-corrected chi connectivity index (χ1v) is 19.1. The van der Waals surface area contributed by atoms with E-state index in [2.05, 4.69) is 75.3 Å². The first kappa shape index (κ1) is 36.0. The van der Waals surface area contributed by atoms with Crippen LogP contribution in [0.5, 0.6) is 0 Å². The predicted molar refractivity (Wildman–Crippen MR) is 188 cm³/mol. The van der Waals surface area contributed by atoms with Crippen LogP contribution >= 0.6 is 0 Å². The molecule has 0 amide bonds. The highest BCUT2D eigenvalue weighted by atomic mass is 16.4. The van der Waals surface area contributed by atoms with E-state index >= 15 is 0 Å². The summed E-state index contributed by atoms with van der Waals surface area (Å²) in [4.78, 5) is 19.3. The van der Waals surface area contributed by atoms with Gasteiger partial charge >= 0.3 is 5.97 Å². The van der Waals surface area contributed by atoms with Crippen molar-refractivity contribution in [3.05, 3.63) is 11.6 Å². The van der Waals surface area contributed by atoms with Gasteiger partial charge in [-0.2, -0.15) is 0 Å². The second-order valence-corrected chi connectivity index (χ2v) is 20.2. The van der Waals surface area contributed by atoms with Gasteiger partial charge in [0.1, 0.15) is 0 Å². The summed E-state index contributed by atoms with van der Waals surface area (Å²) in [5.41, 5.74) is 4.61. The normalized spacial score (nSPS) is 47.0. The molecular weight excluding hydrogens is 568 g/mol. The molecule has 9 fully saturated rings. The van der Waals surface area contributed by atoms with Gasteiger partial charge in [0.2, 0.25) is 0 Å². The monoisotopic (exact) mass is 639 g/mol. The van der Waals surface area contributed by atoms with Crippen LogP contribution < -0.4 is 0 Å². The fourth-order valence-corrected chi connectivity index (χ4v) is 15.7. The van der Waals surface area contributed by atoms with Gasteiger partial charge in [-0.25, -0.2) is 0 Å². The molecule has 0 aromatic rings. The molecule has 0 radical (unpaired) electrons. The van der Waals surface area contributed by atoms with Crippen molar-refractivity contribution in [1.82, 2.24) is 0 Å². The molecule has 0 heterocycles. The second kappa shape index (κ2) is 11.1. The zero-order valence-corrected chi connectivity index (χ0v) is 31.8.